The van der Waals surface area contributed by atoms with Gasteiger partial charge < -0.3 is 9.15 Å². The summed E-state index contributed by atoms with van der Waals surface area (Å²) in [5, 5.41) is 2.10. The highest BCUT2D eigenvalue weighted by molar-refractivity contribution is 7.99. The molecule has 1 aliphatic heterocycles. The van der Waals surface area contributed by atoms with E-state index in [0.717, 1.165) is 36.1 Å². The number of furan rings is 1. The summed E-state index contributed by atoms with van der Waals surface area (Å²) in [7, 11) is 1.74. The van der Waals surface area contributed by atoms with Crippen LogP contribution in [0.4, 0.5) is 0 Å². The van der Waals surface area contributed by atoms with Crippen molar-refractivity contribution in [3.63, 3.8) is 0 Å². The van der Waals surface area contributed by atoms with Crippen LogP contribution in [0.15, 0.2) is 28.0 Å². The quantitative estimate of drug-likeness (QED) is 0.854. The first-order chi connectivity index (χ1) is 9.78. The lowest BCUT2D eigenvalue weighted by molar-refractivity contribution is 0.187. The second kappa shape index (κ2) is 6.24. The summed E-state index contributed by atoms with van der Waals surface area (Å²) in [4.78, 5) is 3.80. The molecular formula is C15H19NO2S2. The van der Waals surface area contributed by atoms with Crippen LogP contribution in [0.2, 0.25) is 0 Å². The van der Waals surface area contributed by atoms with Gasteiger partial charge in [0.2, 0.25) is 0 Å². The fourth-order valence-electron chi connectivity index (χ4n) is 2.53. The predicted molar refractivity (Wildman–Crippen MR) is 84.8 cm³/mol. The molecule has 2 aromatic rings. The van der Waals surface area contributed by atoms with Gasteiger partial charge in [0.1, 0.15) is 17.3 Å². The van der Waals surface area contributed by atoms with E-state index >= 15 is 0 Å². The van der Waals surface area contributed by atoms with Gasteiger partial charge in [-0.25, -0.2) is 0 Å². The van der Waals surface area contributed by atoms with Gasteiger partial charge in [-0.2, -0.15) is 11.8 Å². The zero-order valence-electron chi connectivity index (χ0n) is 11.8. The molecule has 0 bridgehead atoms. The molecular weight excluding hydrogens is 290 g/mol. The summed E-state index contributed by atoms with van der Waals surface area (Å²) >= 11 is 3.77. The van der Waals surface area contributed by atoms with Crippen LogP contribution in [-0.2, 0) is 6.54 Å². The Morgan fingerprint density at radius 3 is 3.05 bits per heavy atom. The van der Waals surface area contributed by atoms with E-state index in [4.69, 9.17) is 9.15 Å². The van der Waals surface area contributed by atoms with Crippen LogP contribution < -0.4 is 4.74 Å². The van der Waals surface area contributed by atoms with E-state index in [2.05, 4.69) is 22.4 Å². The molecule has 0 saturated carbocycles. The smallest absolute Gasteiger partial charge is 0.134 e. The first kappa shape index (κ1) is 14.0. The molecule has 3 nitrogen and oxygen atoms in total. The number of hydrogen-bond acceptors (Lipinski definition) is 5. The lowest BCUT2D eigenvalue weighted by Gasteiger charge is -2.33. The van der Waals surface area contributed by atoms with Gasteiger partial charge in [0.15, 0.2) is 0 Å². The molecule has 20 heavy (non-hydrogen) atoms. The summed E-state index contributed by atoms with van der Waals surface area (Å²) in [6.07, 6.45) is 0. The molecule has 0 N–H and O–H groups in total. The summed E-state index contributed by atoms with van der Waals surface area (Å²) in [5.74, 6) is 5.36. The maximum atomic E-state index is 5.85. The Hall–Kier alpha value is -0.910. The van der Waals surface area contributed by atoms with E-state index in [-0.39, 0.29) is 0 Å². The molecule has 2 aromatic heterocycles. The molecule has 1 aliphatic rings. The summed E-state index contributed by atoms with van der Waals surface area (Å²) in [6.45, 7) is 4.04. The third-order valence-corrected chi connectivity index (χ3v) is 5.51. The molecule has 0 radical (unpaired) electrons. The fourth-order valence-corrected chi connectivity index (χ4v) is 4.52. The molecule has 0 unspecified atom stereocenters. The molecule has 0 amide bonds. The molecule has 1 saturated heterocycles. The highest BCUT2D eigenvalue weighted by Crippen LogP contribution is 2.34. The second-order valence-electron chi connectivity index (χ2n) is 4.92. The number of methoxy groups -OCH3 is 1. The van der Waals surface area contributed by atoms with Gasteiger partial charge in [0.25, 0.3) is 0 Å². The van der Waals surface area contributed by atoms with E-state index in [9.17, 15) is 0 Å². The Balaban J connectivity index is 1.79. The summed E-state index contributed by atoms with van der Waals surface area (Å²) in [5.41, 5.74) is 0. The Labute approximate surface area is 127 Å². The topological polar surface area (TPSA) is 25.6 Å². The van der Waals surface area contributed by atoms with Crippen LogP contribution in [0.3, 0.4) is 0 Å². The largest absolute Gasteiger partial charge is 0.496 e. The van der Waals surface area contributed by atoms with Crippen molar-refractivity contribution >= 4 is 23.1 Å². The maximum absolute atomic E-state index is 5.85. The van der Waals surface area contributed by atoms with Gasteiger partial charge >= 0.3 is 0 Å². The van der Waals surface area contributed by atoms with E-state index in [1.54, 1.807) is 18.4 Å². The zero-order valence-corrected chi connectivity index (χ0v) is 13.4. The number of thiophene rings is 1. The van der Waals surface area contributed by atoms with E-state index in [0.29, 0.717) is 6.04 Å². The van der Waals surface area contributed by atoms with Crippen LogP contribution >= 0.6 is 23.1 Å². The van der Waals surface area contributed by atoms with Gasteiger partial charge in [0.05, 0.1) is 18.0 Å². The molecule has 0 aliphatic carbocycles. The normalized spacial score (nSPS) is 20.2. The highest BCUT2D eigenvalue weighted by Gasteiger charge is 2.27. The van der Waals surface area contributed by atoms with E-state index < -0.39 is 0 Å². The minimum atomic E-state index is 0.370. The Morgan fingerprint density at radius 1 is 1.40 bits per heavy atom. The number of aryl methyl sites for hydroxylation is 1. The number of rotatable bonds is 4. The van der Waals surface area contributed by atoms with Crippen LogP contribution in [0.25, 0.3) is 0 Å². The highest BCUT2D eigenvalue weighted by atomic mass is 32.2. The molecule has 108 valence electrons. The standard InChI is InChI=1S/C15H19NO2S2/c1-11-3-4-13(18-11)12-10-19-8-6-16(12)9-15-14(17-2)5-7-20-15/h3-5,7,12H,6,8-10H2,1-2H3/t12-/m1/s1. The minimum absolute atomic E-state index is 0.370. The fraction of sp³-hybridized carbons (Fsp3) is 0.467. The Morgan fingerprint density at radius 2 is 2.30 bits per heavy atom. The lowest BCUT2D eigenvalue weighted by atomic mass is 10.2. The van der Waals surface area contributed by atoms with Crippen LogP contribution in [0.5, 0.6) is 5.75 Å². The second-order valence-corrected chi connectivity index (χ2v) is 7.07. The first-order valence-electron chi connectivity index (χ1n) is 6.76. The third-order valence-electron chi connectivity index (χ3n) is 3.60. The molecule has 1 atom stereocenters. The van der Waals surface area contributed by atoms with Crippen molar-refractivity contribution in [1.82, 2.24) is 4.90 Å². The first-order valence-corrected chi connectivity index (χ1v) is 8.80. The Bertz CT molecular complexity index is 564. The van der Waals surface area contributed by atoms with Crippen molar-refractivity contribution in [3.05, 3.63) is 40.0 Å². The van der Waals surface area contributed by atoms with E-state index in [1.165, 1.54) is 10.6 Å². The van der Waals surface area contributed by atoms with Gasteiger partial charge in [-0.1, -0.05) is 0 Å². The maximum Gasteiger partial charge on any atom is 0.134 e. The van der Waals surface area contributed by atoms with Crippen LogP contribution in [0, 0.1) is 6.92 Å². The average Bonchev–Trinajstić information content (AvgIpc) is 3.08. The molecule has 5 heteroatoms. The van der Waals surface area contributed by atoms with Gasteiger partial charge in [-0.3, -0.25) is 4.90 Å². The van der Waals surface area contributed by atoms with E-state index in [1.807, 2.05) is 24.8 Å². The van der Waals surface area contributed by atoms with Crippen molar-refractivity contribution in [2.45, 2.75) is 19.5 Å². The molecule has 0 aromatic carbocycles. The predicted octanol–water partition coefficient (Wildman–Crippen LogP) is 3.95. The number of thioether (sulfide) groups is 1. The van der Waals surface area contributed by atoms with Crippen molar-refractivity contribution in [2.75, 3.05) is 25.2 Å². The SMILES string of the molecule is COc1ccsc1CN1CCSC[C@@H]1c1ccc(C)o1. The van der Waals surface area contributed by atoms with Crippen molar-refractivity contribution < 1.29 is 9.15 Å². The monoisotopic (exact) mass is 309 g/mol. The zero-order chi connectivity index (χ0) is 13.9. The van der Waals surface area contributed by atoms with Crippen molar-refractivity contribution in [2.24, 2.45) is 0 Å². The van der Waals surface area contributed by atoms with Gasteiger partial charge in [-0.05, 0) is 30.5 Å². The lowest BCUT2D eigenvalue weighted by Crippen LogP contribution is -2.35. The number of ether oxygens (including phenoxy) is 1. The molecule has 3 heterocycles. The van der Waals surface area contributed by atoms with Gasteiger partial charge in [-0.15, -0.1) is 11.3 Å². The molecule has 3 rings (SSSR count). The van der Waals surface area contributed by atoms with Gasteiger partial charge in [0, 0.05) is 24.6 Å². The third kappa shape index (κ3) is 2.90. The summed E-state index contributed by atoms with van der Waals surface area (Å²) in [6, 6.07) is 6.59. The molecule has 0 spiro atoms. The molecule has 1 fully saturated rings. The van der Waals surface area contributed by atoms with Crippen molar-refractivity contribution in [1.29, 1.82) is 0 Å². The number of hydrogen-bond donors (Lipinski definition) is 0. The number of nitrogens with zero attached hydrogens (tertiary/aromatic N) is 1. The van der Waals surface area contributed by atoms with Crippen LogP contribution in [-0.4, -0.2) is 30.1 Å². The Kier molecular flexibility index (Phi) is 4.38. The average molecular weight is 309 g/mol. The summed E-state index contributed by atoms with van der Waals surface area (Å²) < 4.78 is 11.3. The van der Waals surface area contributed by atoms with Crippen molar-refractivity contribution in [3.8, 4) is 5.75 Å². The minimum Gasteiger partial charge on any atom is -0.496 e. The van der Waals surface area contributed by atoms with Crippen LogP contribution in [0.1, 0.15) is 22.4 Å².